The first-order valence-electron chi connectivity index (χ1n) is 8.87. The minimum Gasteiger partial charge on any atom is -0.353 e. The van der Waals surface area contributed by atoms with Gasteiger partial charge in [0.2, 0.25) is 0 Å². The first kappa shape index (κ1) is 18.9. The van der Waals surface area contributed by atoms with Crippen LogP contribution in [0, 0.1) is 17.5 Å². The van der Waals surface area contributed by atoms with E-state index < -0.39 is 17.5 Å². The lowest BCUT2D eigenvalue weighted by molar-refractivity contribution is 0.0949. The third-order valence-electron chi connectivity index (χ3n) is 4.42. The Labute approximate surface area is 155 Å². The molecule has 0 radical (unpaired) electrons. The van der Waals surface area contributed by atoms with Gasteiger partial charge in [-0.25, -0.2) is 13.2 Å². The van der Waals surface area contributed by atoms with Gasteiger partial charge in [0.1, 0.15) is 5.69 Å². The van der Waals surface area contributed by atoms with Crippen LogP contribution in [0.1, 0.15) is 42.6 Å². The summed E-state index contributed by atoms with van der Waals surface area (Å²) in [6, 6.07) is 4.85. The summed E-state index contributed by atoms with van der Waals surface area (Å²) in [6.45, 7) is 0.516. The topological polar surface area (TPSA) is 54.0 Å². The number of halogens is 3. The van der Waals surface area contributed by atoms with Crippen molar-refractivity contribution < 1.29 is 18.0 Å². The minimum absolute atomic E-state index is 0.153. The fourth-order valence-electron chi connectivity index (χ4n) is 2.97. The van der Waals surface area contributed by atoms with Crippen molar-refractivity contribution in [2.24, 2.45) is 0 Å². The predicted molar refractivity (Wildman–Crippen MR) is 97.3 cm³/mol. The number of allylic oxidation sites excluding steroid dienone is 1. The number of carbonyl (C=O) groups is 1. The number of aromatic nitrogens is 1. The van der Waals surface area contributed by atoms with Crippen LogP contribution >= 0.6 is 0 Å². The first-order chi connectivity index (χ1) is 13.0. The average Bonchev–Trinajstić information content (AvgIpc) is 2.69. The number of pyridine rings is 1. The van der Waals surface area contributed by atoms with E-state index in [1.807, 2.05) is 0 Å². The number of rotatable bonds is 6. The van der Waals surface area contributed by atoms with E-state index in [4.69, 9.17) is 0 Å². The number of hydrogen-bond donors (Lipinski definition) is 2. The van der Waals surface area contributed by atoms with Crippen molar-refractivity contribution in [3.8, 4) is 0 Å². The Balaban J connectivity index is 1.62. The van der Waals surface area contributed by atoms with Crippen molar-refractivity contribution in [3.63, 3.8) is 0 Å². The molecule has 3 rings (SSSR count). The van der Waals surface area contributed by atoms with Crippen LogP contribution in [0.5, 0.6) is 0 Å². The molecule has 0 fully saturated rings. The molecule has 0 saturated heterocycles. The van der Waals surface area contributed by atoms with Crippen molar-refractivity contribution in [2.45, 2.75) is 32.1 Å². The van der Waals surface area contributed by atoms with E-state index in [1.54, 1.807) is 0 Å². The first-order valence-corrected chi connectivity index (χ1v) is 8.87. The van der Waals surface area contributed by atoms with Gasteiger partial charge in [-0.05, 0) is 56.4 Å². The van der Waals surface area contributed by atoms with Gasteiger partial charge in [0.25, 0.3) is 5.91 Å². The van der Waals surface area contributed by atoms with E-state index in [9.17, 15) is 18.0 Å². The van der Waals surface area contributed by atoms with Crippen molar-refractivity contribution in [1.82, 2.24) is 10.3 Å². The second kappa shape index (κ2) is 8.70. The molecule has 1 aliphatic carbocycles. The van der Waals surface area contributed by atoms with Crippen molar-refractivity contribution in [2.75, 3.05) is 11.9 Å². The molecule has 2 N–H and O–H groups in total. The second-order valence-electron chi connectivity index (χ2n) is 6.39. The predicted octanol–water partition coefficient (Wildman–Crippen LogP) is 4.86. The molecule has 0 unspecified atom stereocenters. The highest BCUT2D eigenvalue weighted by atomic mass is 19.2. The smallest absolute Gasteiger partial charge is 0.269 e. The maximum absolute atomic E-state index is 13.8. The molecule has 0 saturated carbocycles. The van der Waals surface area contributed by atoms with Gasteiger partial charge >= 0.3 is 0 Å². The zero-order chi connectivity index (χ0) is 19.2. The fraction of sp³-hybridized carbons (Fsp3) is 0.300. The molecule has 0 spiro atoms. The SMILES string of the molecule is O=C(NCCC1=CCCCC1)c1cc(Nc2ccc(F)c(F)c2F)ccn1. The van der Waals surface area contributed by atoms with Gasteiger partial charge in [-0.2, -0.15) is 0 Å². The summed E-state index contributed by atoms with van der Waals surface area (Å²) < 4.78 is 40.1. The molecule has 1 aromatic carbocycles. The summed E-state index contributed by atoms with van der Waals surface area (Å²) in [4.78, 5) is 16.3. The lowest BCUT2D eigenvalue weighted by Gasteiger charge is -2.13. The summed E-state index contributed by atoms with van der Waals surface area (Å²) in [5.74, 6) is -4.48. The van der Waals surface area contributed by atoms with E-state index in [0.29, 0.717) is 12.2 Å². The maximum atomic E-state index is 13.8. The fourth-order valence-corrected chi connectivity index (χ4v) is 2.97. The largest absolute Gasteiger partial charge is 0.353 e. The van der Waals surface area contributed by atoms with Gasteiger partial charge in [-0.15, -0.1) is 0 Å². The molecule has 0 aliphatic heterocycles. The lowest BCUT2D eigenvalue weighted by Crippen LogP contribution is -2.25. The molecule has 1 aromatic heterocycles. The van der Waals surface area contributed by atoms with Crippen LogP contribution in [-0.4, -0.2) is 17.4 Å². The van der Waals surface area contributed by atoms with Crippen molar-refractivity contribution in [1.29, 1.82) is 0 Å². The van der Waals surface area contributed by atoms with Crippen LogP contribution < -0.4 is 10.6 Å². The van der Waals surface area contributed by atoms with E-state index >= 15 is 0 Å². The Bertz CT molecular complexity index is 868. The molecule has 1 aliphatic rings. The third-order valence-corrected chi connectivity index (χ3v) is 4.42. The molecule has 1 amide bonds. The molecule has 0 bridgehead atoms. The Morgan fingerprint density at radius 1 is 1.11 bits per heavy atom. The van der Waals surface area contributed by atoms with Gasteiger partial charge in [0.05, 0.1) is 5.69 Å². The highest BCUT2D eigenvalue weighted by Gasteiger charge is 2.14. The zero-order valence-corrected chi connectivity index (χ0v) is 14.7. The number of benzene rings is 1. The number of nitrogens with one attached hydrogen (secondary N) is 2. The molecule has 2 aromatic rings. The molecular formula is C20H20F3N3O. The molecule has 7 heteroatoms. The summed E-state index contributed by atoms with van der Waals surface area (Å²) >= 11 is 0. The highest BCUT2D eigenvalue weighted by molar-refractivity contribution is 5.93. The standard InChI is InChI=1S/C20H20F3N3O/c21-15-6-7-16(19(23)18(15)22)26-14-9-11-24-17(12-14)20(27)25-10-8-13-4-2-1-3-5-13/h4,6-7,9,11-12H,1-3,5,8,10H2,(H,24,26)(H,25,27). The quantitative estimate of drug-likeness (QED) is 0.560. The van der Waals surface area contributed by atoms with Crippen LogP contribution in [0.4, 0.5) is 24.5 Å². The number of nitrogens with zero attached hydrogens (tertiary/aromatic N) is 1. The van der Waals surface area contributed by atoms with Gasteiger partial charge in [-0.3, -0.25) is 9.78 Å². The lowest BCUT2D eigenvalue weighted by atomic mass is 9.97. The average molecular weight is 375 g/mol. The van der Waals surface area contributed by atoms with Gasteiger partial charge in [-0.1, -0.05) is 11.6 Å². The van der Waals surface area contributed by atoms with E-state index in [1.165, 1.54) is 36.7 Å². The molecular weight excluding hydrogens is 355 g/mol. The zero-order valence-electron chi connectivity index (χ0n) is 14.7. The minimum atomic E-state index is -1.55. The van der Waals surface area contributed by atoms with Gasteiger partial charge < -0.3 is 10.6 Å². The summed E-state index contributed by atoms with van der Waals surface area (Å²) in [6.07, 6.45) is 9.01. The summed E-state index contributed by atoms with van der Waals surface area (Å²) in [5, 5.41) is 5.44. The third kappa shape index (κ3) is 4.87. The summed E-state index contributed by atoms with van der Waals surface area (Å²) in [7, 11) is 0. The monoisotopic (exact) mass is 375 g/mol. The van der Waals surface area contributed by atoms with E-state index in [2.05, 4.69) is 21.7 Å². The molecule has 1 heterocycles. The number of carbonyl (C=O) groups excluding carboxylic acids is 1. The maximum Gasteiger partial charge on any atom is 0.269 e. The van der Waals surface area contributed by atoms with E-state index in [0.717, 1.165) is 31.4 Å². The molecule has 4 nitrogen and oxygen atoms in total. The van der Waals surface area contributed by atoms with E-state index in [-0.39, 0.29) is 17.3 Å². The molecule has 0 atom stereocenters. The number of anilines is 2. The number of hydrogen-bond acceptors (Lipinski definition) is 3. The Morgan fingerprint density at radius 3 is 2.74 bits per heavy atom. The van der Waals surface area contributed by atoms with Crippen LogP contribution in [0.15, 0.2) is 42.1 Å². The molecule has 27 heavy (non-hydrogen) atoms. The van der Waals surface area contributed by atoms with Crippen LogP contribution in [0.3, 0.4) is 0 Å². The van der Waals surface area contributed by atoms with Crippen molar-refractivity contribution >= 4 is 17.3 Å². The number of amides is 1. The van der Waals surface area contributed by atoms with Crippen LogP contribution in [-0.2, 0) is 0 Å². The second-order valence-corrected chi connectivity index (χ2v) is 6.39. The van der Waals surface area contributed by atoms with Gasteiger partial charge in [0, 0.05) is 18.4 Å². The molecule has 142 valence electrons. The highest BCUT2D eigenvalue weighted by Crippen LogP contribution is 2.24. The Hall–Kier alpha value is -2.83. The normalized spacial score (nSPS) is 13.8. The van der Waals surface area contributed by atoms with Crippen LogP contribution in [0.2, 0.25) is 0 Å². The Kier molecular flexibility index (Phi) is 6.11. The van der Waals surface area contributed by atoms with Crippen molar-refractivity contribution in [3.05, 3.63) is 65.3 Å². The Morgan fingerprint density at radius 2 is 1.96 bits per heavy atom. The van der Waals surface area contributed by atoms with Crippen LogP contribution in [0.25, 0.3) is 0 Å². The van der Waals surface area contributed by atoms with Gasteiger partial charge in [0.15, 0.2) is 17.5 Å². The summed E-state index contributed by atoms with van der Waals surface area (Å²) in [5.41, 5.74) is 1.63.